The van der Waals surface area contributed by atoms with Crippen LogP contribution in [0.1, 0.15) is 31.7 Å². The fraction of sp³-hybridized carbons (Fsp3) is 0.467. The molecule has 3 atom stereocenters. The highest BCUT2D eigenvalue weighted by atomic mass is 19.1. The van der Waals surface area contributed by atoms with Crippen molar-refractivity contribution < 1.29 is 18.3 Å². The Bertz CT molecular complexity index is 553. The summed E-state index contributed by atoms with van der Waals surface area (Å²) in [5, 5.41) is 8.61. The molecule has 1 aromatic carbocycles. The molecule has 1 saturated carbocycles. The van der Waals surface area contributed by atoms with Crippen molar-refractivity contribution in [2.75, 3.05) is 0 Å². The molecule has 0 heterocycles. The number of ether oxygens (including phenoxy) is 1. The van der Waals surface area contributed by atoms with E-state index in [1.165, 1.54) is 12.1 Å². The Morgan fingerprint density at radius 3 is 2.80 bits per heavy atom. The van der Waals surface area contributed by atoms with Gasteiger partial charge in [0.25, 0.3) is 0 Å². The van der Waals surface area contributed by atoms with Crippen LogP contribution in [0.15, 0.2) is 18.2 Å². The van der Waals surface area contributed by atoms with Crippen LogP contribution in [0.2, 0.25) is 0 Å². The fourth-order valence-electron chi connectivity index (χ4n) is 2.42. The van der Waals surface area contributed by atoms with Gasteiger partial charge in [0.1, 0.15) is 23.8 Å². The molecule has 0 N–H and O–H groups in total. The Labute approximate surface area is 116 Å². The van der Waals surface area contributed by atoms with E-state index in [2.05, 4.69) is 0 Å². The highest BCUT2D eigenvalue weighted by Crippen LogP contribution is 2.32. The molecule has 1 aliphatic carbocycles. The molecule has 1 fully saturated rings. The molecule has 106 valence electrons. The Balaban J connectivity index is 2.05. The molecule has 0 aliphatic heterocycles. The summed E-state index contributed by atoms with van der Waals surface area (Å²) in [5.41, 5.74) is -0.125. The molecule has 0 radical (unpaired) electrons. The molecular weight excluding hydrogens is 264 g/mol. The van der Waals surface area contributed by atoms with Crippen molar-refractivity contribution in [1.29, 1.82) is 5.26 Å². The fourth-order valence-corrected chi connectivity index (χ4v) is 2.42. The molecule has 0 bridgehead atoms. The maximum Gasteiger partial charge on any atom is 0.317 e. The van der Waals surface area contributed by atoms with Crippen LogP contribution in [0.5, 0.6) is 5.75 Å². The van der Waals surface area contributed by atoms with E-state index in [-0.39, 0.29) is 17.2 Å². The largest absolute Gasteiger partial charge is 0.426 e. The molecule has 0 spiro atoms. The predicted molar refractivity (Wildman–Crippen MR) is 68.2 cm³/mol. The normalized spacial score (nSPS) is 25.8. The summed E-state index contributed by atoms with van der Waals surface area (Å²) >= 11 is 0. The summed E-state index contributed by atoms with van der Waals surface area (Å²) in [6, 6.07) is 5.20. The Hall–Kier alpha value is -1.96. The van der Waals surface area contributed by atoms with Crippen LogP contribution in [0.4, 0.5) is 8.78 Å². The zero-order chi connectivity index (χ0) is 14.7. The van der Waals surface area contributed by atoms with E-state index in [0.29, 0.717) is 12.8 Å². The molecule has 1 aliphatic rings. The van der Waals surface area contributed by atoms with Crippen LogP contribution in [-0.4, -0.2) is 12.1 Å². The molecule has 2 rings (SSSR count). The summed E-state index contributed by atoms with van der Waals surface area (Å²) in [6.07, 6.45) is 0.359. The molecule has 20 heavy (non-hydrogen) atoms. The summed E-state index contributed by atoms with van der Waals surface area (Å²) in [7, 11) is 0. The van der Waals surface area contributed by atoms with E-state index in [1.54, 1.807) is 6.07 Å². The van der Waals surface area contributed by atoms with Crippen LogP contribution < -0.4 is 4.74 Å². The number of benzene rings is 1. The maximum absolute atomic E-state index is 13.8. The van der Waals surface area contributed by atoms with Gasteiger partial charge in [-0.05, 0) is 37.3 Å². The number of nitriles is 1. The first-order valence-corrected chi connectivity index (χ1v) is 6.56. The first-order valence-electron chi connectivity index (χ1n) is 6.56. The number of hydrogen-bond donors (Lipinski definition) is 0. The topological polar surface area (TPSA) is 50.1 Å². The van der Waals surface area contributed by atoms with Gasteiger partial charge in [-0.25, -0.2) is 8.78 Å². The number of alkyl halides is 1. The van der Waals surface area contributed by atoms with E-state index in [1.807, 2.05) is 6.92 Å². The summed E-state index contributed by atoms with van der Waals surface area (Å²) < 4.78 is 32.2. The van der Waals surface area contributed by atoms with Crippen molar-refractivity contribution in [3.05, 3.63) is 29.6 Å². The zero-order valence-corrected chi connectivity index (χ0v) is 11.1. The number of esters is 1. The van der Waals surface area contributed by atoms with Crippen LogP contribution in [0.25, 0.3) is 0 Å². The third-order valence-electron chi connectivity index (χ3n) is 3.62. The van der Waals surface area contributed by atoms with Crippen molar-refractivity contribution in [2.45, 2.75) is 32.4 Å². The van der Waals surface area contributed by atoms with Gasteiger partial charge in [0.05, 0.1) is 11.5 Å². The van der Waals surface area contributed by atoms with Gasteiger partial charge in [0.15, 0.2) is 0 Å². The molecule has 0 aromatic heterocycles. The van der Waals surface area contributed by atoms with E-state index in [4.69, 9.17) is 10.00 Å². The van der Waals surface area contributed by atoms with Crippen molar-refractivity contribution in [1.82, 2.24) is 0 Å². The van der Waals surface area contributed by atoms with Crippen molar-refractivity contribution in [3.63, 3.8) is 0 Å². The van der Waals surface area contributed by atoms with Gasteiger partial charge >= 0.3 is 5.97 Å². The molecular formula is C15H15F2NO2. The lowest BCUT2D eigenvalue weighted by molar-refractivity contribution is -0.142. The van der Waals surface area contributed by atoms with Crippen LogP contribution in [0, 0.1) is 29.0 Å². The second-order valence-electron chi connectivity index (χ2n) is 5.22. The third kappa shape index (κ3) is 3.13. The molecule has 5 heteroatoms. The van der Waals surface area contributed by atoms with Crippen LogP contribution >= 0.6 is 0 Å². The molecule has 0 saturated heterocycles. The van der Waals surface area contributed by atoms with Gasteiger partial charge in [0, 0.05) is 6.07 Å². The van der Waals surface area contributed by atoms with E-state index in [9.17, 15) is 13.6 Å². The third-order valence-corrected chi connectivity index (χ3v) is 3.62. The second kappa shape index (κ2) is 6.00. The van der Waals surface area contributed by atoms with Gasteiger partial charge < -0.3 is 4.74 Å². The van der Waals surface area contributed by atoms with Crippen LogP contribution in [0.3, 0.4) is 0 Å². The van der Waals surface area contributed by atoms with Crippen molar-refractivity contribution in [3.8, 4) is 11.8 Å². The highest BCUT2D eigenvalue weighted by Gasteiger charge is 2.35. The predicted octanol–water partition coefficient (Wildman–Crippen LogP) is 3.38. The minimum absolute atomic E-state index is 0.00248. The molecule has 3 nitrogen and oxygen atoms in total. The lowest BCUT2D eigenvalue weighted by atomic mass is 9.81. The van der Waals surface area contributed by atoms with Crippen molar-refractivity contribution >= 4 is 5.97 Å². The second-order valence-corrected chi connectivity index (χ2v) is 5.22. The quantitative estimate of drug-likeness (QED) is 0.616. The van der Waals surface area contributed by atoms with Gasteiger partial charge in [0.2, 0.25) is 0 Å². The molecule has 3 unspecified atom stereocenters. The number of carbonyl (C=O) groups excluding carboxylic acids is 1. The van der Waals surface area contributed by atoms with E-state index < -0.39 is 23.9 Å². The number of carbonyl (C=O) groups is 1. The molecule has 1 aromatic rings. The van der Waals surface area contributed by atoms with Gasteiger partial charge in [-0.2, -0.15) is 5.26 Å². The number of halogens is 2. The minimum atomic E-state index is -1.21. The number of nitrogens with zero attached hydrogens (tertiary/aromatic N) is 1. The van der Waals surface area contributed by atoms with Gasteiger partial charge in [-0.15, -0.1) is 0 Å². The Morgan fingerprint density at radius 1 is 1.45 bits per heavy atom. The average Bonchev–Trinajstić information content (AvgIpc) is 2.38. The standard InChI is InChI=1S/C15H15F2NO2/c1-9-2-5-12(14(17)6-9)15(19)20-11-4-3-10(8-18)13(16)7-11/h3-4,7,9,12,14H,2,5-6H2,1H3. The lowest BCUT2D eigenvalue weighted by Gasteiger charge is -2.28. The van der Waals surface area contributed by atoms with Crippen LogP contribution in [-0.2, 0) is 4.79 Å². The van der Waals surface area contributed by atoms with E-state index in [0.717, 1.165) is 12.5 Å². The lowest BCUT2D eigenvalue weighted by Crippen LogP contribution is -2.34. The number of rotatable bonds is 2. The summed E-state index contributed by atoms with van der Waals surface area (Å²) in [4.78, 5) is 11.9. The maximum atomic E-state index is 13.8. The van der Waals surface area contributed by atoms with E-state index >= 15 is 0 Å². The highest BCUT2D eigenvalue weighted by molar-refractivity contribution is 5.76. The van der Waals surface area contributed by atoms with Gasteiger partial charge in [-0.1, -0.05) is 6.92 Å². The smallest absolute Gasteiger partial charge is 0.317 e. The molecule has 0 amide bonds. The summed E-state index contributed by atoms with van der Waals surface area (Å²) in [5.74, 6) is -1.95. The Kier molecular flexibility index (Phi) is 4.33. The first-order chi connectivity index (χ1) is 9.51. The first kappa shape index (κ1) is 14.4. The SMILES string of the molecule is CC1CCC(C(=O)Oc2ccc(C#N)c(F)c2)C(F)C1. The summed E-state index contributed by atoms with van der Waals surface area (Å²) in [6.45, 7) is 1.95. The van der Waals surface area contributed by atoms with Crippen molar-refractivity contribution in [2.24, 2.45) is 11.8 Å². The zero-order valence-electron chi connectivity index (χ0n) is 11.1. The monoisotopic (exact) mass is 279 g/mol. The average molecular weight is 279 g/mol. The van der Waals surface area contributed by atoms with Gasteiger partial charge in [-0.3, -0.25) is 4.79 Å². The number of hydrogen-bond acceptors (Lipinski definition) is 3. The Morgan fingerprint density at radius 2 is 2.20 bits per heavy atom. The minimum Gasteiger partial charge on any atom is -0.426 e.